The number of aliphatic hydroxyl groups excluding tert-OH is 1. The number of carbonyl (C=O) groups excluding carboxylic acids is 1. The number of piperazine rings is 1. The highest BCUT2D eigenvalue weighted by atomic mass is 19.1. The second-order valence-electron chi connectivity index (χ2n) is 6.39. The summed E-state index contributed by atoms with van der Waals surface area (Å²) in [6, 6.07) is 5.84. The van der Waals surface area contributed by atoms with Crippen LogP contribution in [0.5, 0.6) is 0 Å². The Bertz CT molecular complexity index is 548. The number of likely N-dealkylation sites (N-methyl/N-ethyl adjacent to an activating group) is 1. The number of rotatable bonds is 8. The van der Waals surface area contributed by atoms with Crippen LogP contribution < -0.4 is 0 Å². The summed E-state index contributed by atoms with van der Waals surface area (Å²) >= 11 is 0. The third-order valence-electron chi connectivity index (χ3n) is 4.42. The molecule has 7 heteroatoms. The summed E-state index contributed by atoms with van der Waals surface area (Å²) in [6.07, 6.45) is 0. The van der Waals surface area contributed by atoms with Gasteiger partial charge in [-0.15, -0.1) is 0 Å². The molecule has 2 rings (SSSR count). The maximum absolute atomic E-state index is 14.2. The van der Waals surface area contributed by atoms with Gasteiger partial charge in [-0.1, -0.05) is 18.2 Å². The molecular formula is C18H28FN3O3. The highest BCUT2D eigenvalue weighted by Crippen LogP contribution is 2.24. The van der Waals surface area contributed by atoms with Gasteiger partial charge in [-0.2, -0.15) is 0 Å². The van der Waals surface area contributed by atoms with E-state index in [9.17, 15) is 9.18 Å². The largest absolute Gasteiger partial charge is 0.394 e. The lowest BCUT2D eigenvalue weighted by Gasteiger charge is -2.37. The number of ether oxygens (including phenoxy) is 1. The monoisotopic (exact) mass is 353 g/mol. The third kappa shape index (κ3) is 5.47. The SMILES string of the molecule is CN(C)[C@@H](C(=O)N1CCN(CCOCCO)CC1)c1ccccc1F. The molecule has 0 saturated carbocycles. The van der Waals surface area contributed by atoms with E-state index in [1.54, 1.807) is 37.2 Å². The highest BCUT2D eigenvalue weighted by Gasteiger charge is 2.31. The molecule has 0 unspecified atom stereocenters. The second-order valence-corrected chi connectivity index (χ2v) is 6.39. The predicted molar refractivity (Wildman–Crippen MR) is 93.8 cm³/mol. The normalized spacial score (nSPS) is 17.1. The van der Waals surface area contributed by atoms with Gasteiger partial charge in [0.05, 0.1) is 19.8 Å². The van der Waals surface area contributed by atoms with Gasteiger partial charge in [-0.05, 0) is 20.2 Å². The second kappa shape index (κ2) is 9.82. The molecule has 1 aliphatic rings. The zero-order valence-corrected chi connectivity index (χ0v) is 15.0. The topological polar surface area (TPSA) is 56.3 Å². The van der Waals surface area contributed by atoms with Crippen LogP contribution >= 0.6 is 0 Å². The zero-order valence-electron chi connectivity index (χ0n) is 15.0. The molecule has 0 aliphatic carbocycles. The molecule has 1 amide bonds. The van der Waals surface area contributed by atoms with E-state index in [2.05, 4.69) is 4.90 Å². The van der Waals surface area contributed by atoms with Gasteiger partial charge < -0.3 is 14.7 Å². The van der Waals surface area contributed by atoms with Crippen molar-refractivity contribution < 1.29 is 19.0 Å². The summed E-state index contributed by atoms with van der Waals surface area (Å²) in [7, 11) is 3.59. The number of benzene rings is 1. The standard InChI is InChI=1S/C18H28FN3O3/c1-20(2)17(15-5-3-4-6-16(15)19)18(24)22-9-7-21(8-10-22)11-13-25-14-12-23/h3-6,17,23H,7-14H2,1-2H3/t17-/m1/s1. The summed E-state index contributed by atoms with van der Waals surface area (Å²) in [5.41, 5.74) is 0.414. The Morgan fingerprint density at radius 3 is 2.52 bits per heavy atom. The van der Waals surface area contributed by atoms with E-state index >= 15 is 0 Å². The lowest BCUT2D eigenvalue weighted by Crippen LogP contribution is -2.52. The van der Waals surface area contributed by atoms with Crippen LogP contribution in [0.15, 0.2) is 24.3 Å². The Labute approximate surface area is 148 Å². The van der Waals surface area contributed by atoms with Gasteiger partial charge in [0.1, 0.15) is 11.9 Å². The summed E-state index contributed by atoms with van der Waals surface area (Å²) in [5, 5.41) is 8.70. The van der Waals surface area contributed by atoms with E-state index in [1.165, 1.54) is 6.07 Å². The fraction of sp³-hybridized carbons (Fsp3) is 0.611. The van der Waals surface area contributed by atoms with Gasteiger partial charge in [0.2, 0.25) is 5.91 Å². The number of hydrogen-bond donors (Lipinski definition) is 1. The minimum absolute atomic E-state index is 0.0320. The zero-order chi connectivity index (χ0) is 18.2. The Morgan fingerprint density at radius 1 is 1.24 bits per heavy atom. The molecule has 1 atom stereocenters. The maximum atomic E-state index is 14.2. The van der Waals surface area contributed by atoms with Gasteiger partial charge in [0, 0.05) is 38.3 Å². The lowest BCUT2D eigenvalue weighted by atomic mass is 10.0. The average Bonchev–Trinajstić information content (AvgIpc) is 2.61. The molecule has 1 N–H and O–H groups in total. The molecule has 1 saturated heterocycles. The molecule has 0 radical (unpaired) electrons. The molecule has 0 bridgehead atoms. The number of amides is 1. The average molecular weight is 353 g/mol. The smallest absolute Gasteiger partial charge is 0.244 e. The fourth-order valence-electron chi connectivity index (χ4n) is 3.05. The number of nitrogens with zero attached hydrogens (tertiary/aromatic N) is 3. The molecule has 1 aromatic rings. The summed E-state index contributed by atoms with van der Waals surface area (Å²) < 4.78 is 19.4. The van der Waals surface area contributed by atoms with E-state index in [0.717, 1.165) is 19.6 Å². The van der Waals surface area contributed by atoms with Crippen molar-refractivity contribution in [3.05, 3.63) is 35.6 Å². The van der Waals surface area contributed by atoms with Crippen molar-refractivity contribution in [3.8, 4) is 0 Å². The summed E-state index contributed by atoms with van der Waals surface area (Å²) in [5.74, 6) is -0.416. The maximum Gasteiger partial charge on any atom is 0.244 e. The van der Waals surface area contributed by atoms with Crippen LogP contribution in [0, 0.1) is 5.82 Å². The molecule has 140 valence electrons. The Balaban J connectivity index is 1.92. The van der Waals surface area contributed by atoms with Crippen molar-refractivity contribution in [2.24, 2.45) is 0 Å². The van der Waals surface area contributed by atoms with Crippen molar-refractivity contribution in [3.63, 3.8) is 0 Å². The molecule has 1 fully saturated rings. The van der Waals surface area contributed by atoms with E-state index < -0.39 is 6.04 Å². The number of halogens is 1. The first-order valence-corrected chi connectivity index (χ1v) is 8.65. The van der Waals surface area contributed by atoms with Crippen LogP contribution in [0.4, 0.5) is 4.39 Å². The van der Waals surface area contributed by atoms with Crippen LogP contribution in [0.3, 0.4) is 0 Å². The predicted octanol–water partition coefficient (Wildman–Crippen LogP) is 0.582. The van der Waals surface area contributed by atoms with Crippen LogP contribution in [-0.2, 0) is 9.53 Å². The molecule has 1 heterocycles. The van der Waals surface area contributed by atoms with Crippen molar-refractivity contribution in [2.45, 2.75) is 6.04 Å². The van der Waals surface area contributed by atoms with Crippen LogP contribution in [0.25, 0.3) is 0 Å². The van der Waals surface area contributed by atoms with Crippen molar-refractivity contribution >= 4 is 5.91 Å². The number of hydrogen-bond acceptors (Lipinski definition) is 5. The van der Waals surface area contributed by atoms with Crippen LogP contribution in [0.2, 0.25) is 0 Å². The highest BCUT2D eigenvalue weighted by molar-refractivity contribution is 5.83. The van der Waals surface area contributed by atoms with E-state index in [1.807, 2.05) is 4.90 Å². The molecule has 1 aromatic carbocycles. The Kier molecular flexibility index (Phi) is 7.77. The fourth-order valence-corrected chi connectivity index (χ4v) is 3.05. The Morgan fingerprint density at radius 2 is 1.92 bits per heavy atom. The minimum atomic E-state index is -0.611. The molecular weight excluding hydrogens is 325 g/mol. The first kappa shape index (κ1) is 19.8. The van der Waals surface area contributed by atoms with E-state index in [0.29, 0.717) is 31.9 Å². The lowest BCUT2D eigenvalue weighted by molar-refractivity contribution is -0.138. The van der Waals surface area contributed by atoms with E-state index in [-0.39, 0.29) is 18.3 Å². The van der Waals surface area contributed by atoms with Gasteiger partial charge in [0.25, 0.3) is 0 Å². The number of carbonyl (C=O) groups is 1. The first-order chi connectivity index (χ1) is 12.0. The molecule has 0 spiro atoms. The third-order valence-corrected chi connectivity index (χ3v) is 4.42. The molecule has 1 aliphatic heterocycles. The Hall–Kier alpha value is -1.54. The van der Waals surface area contributed by atoms with Crippen molar-refractivity contribution in [1.82, 2.24) is 14.7 Å². The minimum Gasteiger partial charge on any atom is -0.394 e. The van der Waals surface area contributed by atoms with Crippen molar-refractivity contribution in [2.75, 3.05) is 66.6 Å². The summed E-state index contributed by atoms with van der Waals surface area (Å²) in [6.45, 7) is 4.53. The van der Waals surface area contributed by atoms with E-state index in [4.69, 9.17) is 9.84 Å². The van der Waals surface area contributed by atoms with Crippen molar-refractivity contribution in [1.29, 1.82) is 0 Å². The van der Waals surface area contributed by atoms with Crippen LogP contribution in [0.1, 0.15) is 11.6 Å². The first-order valence-electron chi connectivity index (χ1n) is 8.65. The molecule has 25 heavy (non-hydrogen) atoms. The number of aliphatic hydroxyl groups is 1. The molecule has 6 nitrogen and oxygen atoms in total. The van der Waals surface area contributed by atoms with Gasteiger partial charge >= 0.3 is 0 Å². The summed E-state index contributed by atoms with van der Waals surface area (Å²) in [4.78, 5) is 18.7. The quantitative estimate of drug-likeness (QED) is 0.693. The molecule has 0 aromatic heterocycles. The van der Waals surface area contributed by atoms with Gasteiger partial charge in [0.15, 0.2) is 0 Å². The van der Waals surface area contributed by atoms with Crippen LogP contribution in [-0.4, -0.2) is 92.4 Å². The van der Waals surface area contributed by atoms with Gasteiger partial charge in [-0.3, -0.25) is 14.6 Å². The van der Waals surface area contributed by atoms with Gasteiger partial charge in [-0.25, -0.2) is 4.39 Å².